The molecule has 0 aliphatic rings. The van der Waals surface area contributed by atoms with Gasteiger partial charge in [0.05, 0.1) is 23.3 Å². The number of anilines is 1. The molecule has 0 amide bonds. The maximum absolute atomic E-state index is 6.09. The highest BCUT2D eigenvalue weighted by atomic mass is 127. The van der Waals surface area contributed by atoms with E-state index in [-0.39, 0.29) is 0 Å². The predicted molar refractivity (Wildman–Crippen MR) is 89.4 cm³/mol. The summed E-state index contributed by atoms with van der Waals surface area (Å²) in [5.41, 5.74) is 8.88. The highest BCUT2D eigenvalue weighted by molar-refractivity contribution is 14.1. The van der Waals surface area contributed by atoms with Crippen LogP contribution in [0.4, 0.5) is 5.95 Å². The van der Waals surface area contributed by atoms with Crippen LogP contribution in [0.2, 0.25) is 0 Å². The second-order valence-electron chi connectivity index (χ2n) is 4.34. The first kappa shape index (κ1) is 13.2. The van der Waals surface area contributed by atoms with E-state index in [2.05, 4.69) is 27.6 Å². The highest BCUT2D eigenvalue weighted by Crippen LogP contribution is 2.30. The molecule has 0 spiro atoms. The van der Waals surface area contributed by atoms with Crippen molar-refractivity contribution < 1.29 is 4.74 Å². The maximum Gasteiger partial charge on any atom is 0.206 e. The van der Waals surface area contributed by atoms with Crippen molar-refractivity contribution in [3.05, 3.63) is 46.0 Å². The van der Waals surface area contributed by atoms with Crippen LogP contribution in [0.5, 0.6) is 5.75 Å². The molecular formula is C15H14IN3O. The number of rotatable bonds is 3. The molecule has 1 heterocycles. The first-order valence-electron chi connectivity index (χ1n) is 6.36. The number of benzene rings is 2. The van der Waals surface area contributed by atoms with E-state index < -0.39 is 0 Å². The number of nitrogens with two attached hydrogens (primary N) is 1. The molecule has 0 bridgehead atoms. The van der Waals surface area contributed by atoms with Crippen molar-refractivity contribution in [1.29, 1.82) is 0 Å². The number of hydrogen-bond acceptors (Lipinski definition) is 3. The third-order valence-corrected chi connectivity index (χ3v) is 3.72. The van der Waals surface area contributed by atoms with Gasteiger partial charge in [0.2, 0.25) is 5.95 Å². The Kier molecular flexibility index (Phi) is 3.52. The van der Waals surface area contributed by atoms with E-state index in [1.54, 1.807) is 0 Å². The van der Waals surface area contributed by atoms with Crippen molar-refractivity contribution in [3.8, 4) is 11.4 Å². The topological polar surface area (TPSA) is 53.1 Å². The summed E-state index contributed by atoms with van der Waals surface area (Å²) in [4.78, 5) is 4.43. The third kappa shape index (κ3) is 2.22. The molecule has 0 saturated heterocycles. The Morgan fingerprint density at radius 3 is 2.85 bits per heavy atom. The van der Waals surface area contributed by atoms with Crippen molar-refractivity contribution >= 4 is 39.6 Å². The molecule has 20 heavy (non-hydrogen) atoms. The van der Waals surface area contributed by atoms with Gasteiger partial charge in [-0.05, 0) is 59.8 Å². The SMILES string of the molecule is CCOc1ccccc1-n1c(N)nc2cc(I)ccc21. The van der Waals surface area contributed by atoms with Crippen LogP contribution in [0.15, 0.2) is 42.5 Å². The molecule has 0 saturated carbocycles. The Bertz CT molecular complexity index is 767. The number of aromatic nitrogens is 2. The summed E-state index contributed by atoms with van der Waals surface area (Å²) in [5.74, 6) is 1.27. The minimum Gasteiger partial charge on any atom is -0.492 e. The maximum atomic E-state index is 6.09. The van der Waals surface area contributed by atoms with Crippen LogP contribution in [0.1, 0.15) is 6.92 Å². The predicted octanol–water partition coefficient (Wildman–Crippen LogP) is 3.61. The fraction of sp³-hybridized carbons (Fsp3) is 0.133. The van der Waals surface area contributed by atoms with Crippen molar-refractivity contribution in [3.63, 3.8) is 0 Å². The first-order valence-corrected chi connectivity index (χ1v) is 7.44. The van der Waals surface area contributed by atoms with Gasteiger partial charge in [-0.25, -0.2) is 4.98 Å². The summed E-state index contributed by atoms with van der Waals surface area (Å²) in [6.07, 6.45) is 0. The van der Waals surface area contributed by atoms with Crippen LogP contribution in [0.3, 0.4) is 0 Å². The quantitative estimate of drug-likeness (QED) is 0.708. The number of nitrogen functional groups attached to an aromatic ring is 1. The molecule has 5 heteroatoms. The number of nitrogens with zero attached hydrogens (tertiary/aromatic N) is 2. The van der Waals surface area contributed by atoms with Crippen LogP contribution in [0.25, 0.3) is 16.7 Å². The second-order valence-corrected chi connectivity index (χ2v) is 5.58. The Labute approximate surface area is 130 Å². The Balaban J connectivity index is 2.27. The summed E-state index contributed by atoms with van der Waals surface area (Å²) in [6.45, 7) is 2.58. The van der Waals surface area contributed by atoms with Gasteiger partial charge in [0.1, 0.15) is 5.75 Å². The third-order valence-electron chi connectivity index (χ3n) is 3.05. The molecule has 0 radical (unpaired) electrons. The summed E-state index contributed by atoms with van der Waals surface area (Å²) >= 11 is 2.27. The average Bonchev–Trinajstić information content (AvgIpc) is 2.75. The average molecular weight is 379 g/mol. The lowest BCUT2D eigenvalue weighted by molar-refractivity contribution is 0.339. The largest absolute Gasteiger partial charge is 0.492 e. The van der Waals surface area contributed by atoms with Gasteiger partial charge in [-0.15, -0.1) is 0 Å². The zero-order valence-corrected chi connectivity index (χ0v) is 13.2. The second kappa shape index (κ2) is 5.32. The van der Waals surface area contributed by atoms with Crippen LogP contribution in [-0.4, -0.2) is 16.2 Å². The summed E-state index contributed by atoms with van der Waals surface area (Å²) in [6, 6.07) is 13.9. The van der Waals surface area contributed by atoms with Crippen molar-refractivity contribution in [1.82, 2.24) is 9.55 Å². The van der Waals surface area contributed by atoms with E-state index in [9.17, 15) is 0 Å². The van der Waals surface area contributed by atoms with Crippen LogP contribution in [-0.2, 0) is 0 Å². The normalized spacial score (nSPS) is 10.9. The molecule has 0 atom stereocenters. The lowest BCUT2D eigenvalue weighted by Gasteiger charge is -2.12. The zero-order chi connectivity index (χ0) is 14.1. The molecule has 0 aliphatic heterocycles. The van der Waals surface area contributed by atoms with E-state index in [0.29, 0.717) is 12.6 Å². The van der Waals surface area contributed by atoms with Crippen molar-refractivity contribution in [2.24, 2.45) is 0 Å². The molecule has 2 aromatic carbocycles. The number of para-hydroxylation sites is 2. The van der Waals surface area contributed by atoms with Crippen LogP contribution >= 0.6 is 22.6 Å². The molecule has 0 aliphatic carbocycles. The fourth-order valence-corrected chi connectivity index (χ4v) is 2.72. The number of ether oxygens (including phenoxy) is 1. The molecule has 1 aromatic heterocycles. The first-order chi connectivity index (χ1) is 9.70. The lowest BCUT2D eigenvalue weighted by atomic mass is 10.2. The van der Waals surface area contributed by atoms with Gasteiger partial charge in [-0.3, -0.25) is 4.57 Å². The zero-order valence-electron chi connectivity index (χ0n) is 11.0. The van der Waals surface area contributed by atoms with Gasteiger partial charge in [0.25, 0.3) is 0 Å². The molecule has 3 rings (SSSR count). The molecule has 2 N–H and O–H groups in total. The molecule has 4 nitrogen and oxygen atoms in total. The van der Waals surface area contributed by atoms with E-state index >= 15 is 0 Å². The highest BCUT2D eigenvalue weighted by Gasteiger charge is 2.13. The number of hydrogen-bond donors (Lipinski definition) is 1. The van der Waals surface area contributed by atoms with E-state index in [1.807, 2.05) is 54.0 Å². The summed E-state index contributed by atoms with van der Waals surface area (Å²) < 4.78 is 8.75. The minimum absolute atomic E-state index is 0.467. The number of halogens is 1. The Hall–Kier alpha value is -1.76. The van der Waals surface area contributed by atoms with Gasteiger partial charge in [-0.2, -0.15) is 0 Å². The Morgan fingerprint density at radius 2 is 2.05 bits per heavy atom. The molecule has 0 unspecified atom stereocenters. The van der Waals surface area contributed by atoms with Gasteiger partial charge in [0, 0.05) is 3.57 Å². The summed E-state index contributed by atoms with van der Waals surface area (Å²) in [5, 5.41) is 0. The number of imidazole rings is 1. The fourth-order valence-electron chi connectivity index (χ4n) is 2.24. The van der Waals surface area contributed by atoms with Crippen LogP contribution in [0, 0.1) is 3.57 Å². The van der Waals surface area contributed by atoms with E-state index in [1.165, 1.54) is 0 Å². The van der Waals surface area contributed by atoms with E-state index in [0.717, 1.165) is 26.0 Å². The van der Waals surface area contributed by atoms with Crippen LogP contribution < -0.4 is 10.5 Å². The van der Waals surface area contributed by atoms with Crippen molar-refractivity contribution in [2.75, 3.05) is 12.3 Å². The van der Waals surface area contributed by atoms with Gasteiger partial charge < -0.3 is 10.5 Å². The number of fused-ring (bicyclic) bond motifs is 1. The van der Waals surface area contributed by atoms with Gasteiger partial charge in [-0.1, -0.05) is 12.1 Å². The smallest absolute Gasteiger partial charge is 0.206 e. The molecule has 102 valence electrons. The Morgan fingerprint density at radius 1 is 1.25 bits per heavy atom. The van der Waals surface area contributed by atoms with Gasteiger partial charge in [0.15, 0.2) is 0 Å². The van der Waals surface area contributed by atoms with Gasteiger partial charge >= 0.3 is 0 Å². The monoisotopic (exact) mass is 379 g/mol. The standard InChI is InChI=1S/C15H14IN3O/c1-2-20-14-6-4-3-5-13(14)19-12-8-7-10(16)9-11(12)18-15(19)17/h3-9H,2H2,1H3,(H2,17,18). The minimum atomic E-state index is 0.467. The lowest BCUT2D eigenvalue weighted by Crippen LogP contribution is -2.04. The van der Waals surface area contributed by atoms with E-state index in [4.69, 9.17) is 10.5 Å². The van der Waals surface area contributed by atoms with Crippen molar-refractivity contribution in [2.45, 2.75) is 6.92 Å². The molecular weight excluding hydrogens is 365 g/mol. The molecule has 0 fully saturated rings. The molecule has 3 aromatic rings. The summed E-state index contributed by atoms with van der Waals surface area (Å²) in [7, 11) is 0.